The fraction of sp³-hybridized carbons (Fsp3) is 0.529. The molecule has 3 rings (SSSR count). The largest absolute Gasteiger partial charge is 0.364 e. The van der Waals surface area contributed by atoms with Crippen LogP contribution in [-0.2, 0) is 31.0 Å². The number of carbonyl (C=O) groups is 2. The smallest absolute Gasteiger partial charge is 0.258 e. The van der Waals surface area contributed by atoms with Gasteiger partial charge in [0.1, 0.15) is 12.1 Å². The lowest BCUT2D eigenvalue weighted by Crippen LogP contribution is -2.48. The van der Waals surface area contributed by atoms with Crippen LogP contribution >= 0.6 is 0 Å². The minimum atomic E-state index is -3.50. The van der Waals surface area contributed by atoms with E-state index in [9.17, 15) is 18.0 Å². The van der Waals surface area contributed by atoms with Crippen molar-refractivity contribution >= 4 is 21.8 Å². The Bertz CT molecular complexity index is 750. The van der Waals surface area contributed by atoms with Gasteiger partial charge in [-0.1, -0.05) is 30.3 Å². The highest BCUT2D eigenvalue weighted by Gasteiger charge is 2.45. The molecule has 2 fully saturated rings. The number of rotatable bonds is 4. The molecule has 0 aliphatic carbocycles. The van der Waals surface area contributed by atoms with E-state index in [-0.39, 0.29) is 18.9 Å². The number of hydrogen-bond donors (Lipinski definition) is 0. The molecule has 7 nitrogen and oxygen atoms in total. The quantitative estimate of drug-likeness (QED) is 0.785. The van der Waals surface area contributed by atoms with E-state index >= 15 is 0 Å². The minimum absolute atomic E-state index is 0.119. The first-order valence-corrected chi connectivity index (χ1v) is 10.0. The van der Waals surface area contributed by atoms with Gasteiger partial charge in [0.25, 0.3) is 5.91 Å². The van der Waals surface area contributed by atoms with Gasteiger partial charge in [-0.3, -0.25) is 14.5 Å². The summed E-state index contributed by atoms with van der Waals surface area (Å²) in [7, 11) is -3.50. The Morgan fingerprint density at radius 2 is 2.00 bits per heavy atom. The first-order valence-electron chi connectivity index (χ1n) is 8.40. The average molecular weight is 366 g/mol. The molecule has 0 spiro atoms. The van der Waals surface area contributed by atoms with E-state index in [1.165, 1.54) is 4.31 Å². The van der Waals surface area contributed by atoms with Gasteiger partial charge in [-0.25, -0.2) is 8.42 Å². The van der Waals surface area contributed by atoms with Crippen LogP contribution in [0.4, 0.5) is 0 Å². The second kappa shape index (κ2) is 7.23. The normalized spacial score (nSPS) is 24.6. The Hall–Kier alpha value is -1.77. The van der Waals surface area contributed by atoms with E-state index < -0.39 is 34.0 Å². The van der Waals surface area contributed by atoms with E-state index in [2.05, 4.69) is 0 Å². The zero-order valence-corrected chi connectivity index (χ0v) is 14.9. The predicted octanol–water partition coefficient (Wildman–Crippen LogP) is 0.755. The molecule has 1 aromatic carbocycles. The van der Waals surface area contributed by atoms with Gasteiger partial charge in [0.15, 0.2) is 0 Å². The van der Waals surface area contributed by atoms with Gasteiger partial charge in [0.05, 0.1) is 12.4 Å². The summed E-state index contributed by atoms with van der Waals surface area (Å²) >= 11 is 0. The van der Waals surface area contributed by atoms with Crippen molar-refractivity contribution in [3.63, 3.8) is 0 Å². The Morgan fingerprint density at radius 3 is 2.72 bits per heavy atom. The molecule has 25 heavy (non-hydrogen) atoms. The van der Waals surface area contributed by atoms with Gasteiger partial charge < -0.3 is 4.74 Å². The maximum absolute atomic E-state index is 12.7. The Morgan fingerprint density at radius 1 is 1.28 bits per heavy atom. The third-order valence-electron chi connectivity index (χ3n) is 4.64. The summed E-state index contributed by atoms with van der Waals surface area (Å²) in [4.78, 5) is 26.4. The van der Waals surface area contributed by atoms with Crippen LogP contribution in [0.1, 0.15) is 25.3 Å². The van der Waals surface area contributed by atoms with Crippen molar-refractivity contribution in [3.8, 4) is 0 Å². The van der Waals surface area contributed by atoms with Crippen molar-refractivity contribution in [1.82, 2.24) is 9.21 Å². The lowest BCUT2D eigenvalue weighted by atomic mass is 10.2. The van der Waals surface area contributed by atoms with E-state index in [4.69, 9.17) is 4.74 Å². The van der Waals surface area contributed by atoms with Crippen LogP contribution in [0.15, 0.2) is 30.3 Å². The van der Waals surface area contributed by atoms with E-state index in [1.807, 2.05) is 30.3 Å². The van der Waals surface area contributed by atoms with Gasteiger partial charge >= 0.3 is 0 Å². The van der Waals surface area contributed by atoms with Crippen molar-refractivity contribution < 1.29 is 22.7 Å². The molecule has 0 aromatic heterocycles. The van der Waals surface area contributed by atoms with Crippen LogP contribution in [0.5, 0.6) is 0 Å². The third kappa shape index (κ3) is 3.75. The summed E-state index contributed by atoms with van der Waals surface area (Å²) < 4.78 is 31.4. The first kappa shape index (κ1) is 18.0. The monoisotopic (exact) mass is 366 g/mol. The van der Waals surface area contributed by atoms with Crippen LogP contribution in [0.3, 0.4) is 0 Å². The lowest BCUT2D eigenvalue weighted by molar-refractivity contribution is -0.153. The highest BCUT2D eigenvalue weighted by Crippen LogP contribution is 2.26. The van der Waals surface area contributed by atoms with E-state index in [0.29, 0.717) is 19.4 Å². The number of hydrogen-bond acceptors (Lipinski definition) is 5. The Balaban J connectivity index is 1.69. The molecule has 0 bridgehead atoms. The number of benzene rings is 1. The third-order valence-corrected chi connectivity index (χ3v) is 6.49. The summed E-state index contributed by atoms with van der Waals surface area (Å²) in [6.07, 6.45) is 0.276. The zero-order chi connectivity index (χ0) is 18.0. The maximum atomic E-state index is 12.7. The van der Waals surface area contributed by atoms with Crippen LogP contribution in [0, 0.1) is 0 Å². The van der Waals surface area contributed by atoms with Gasteiger partial charge in [0.2, 0.25) is 15.9 Å². The second-order valence-corrected chi connectivity index (χ2v) is 8.39. The summed E-state index contributed by atoms with van der Waals surface area (Å²) in [5.74, 6) is -1.14. The molecule has 8 heteroatoms. The molecular weight excluding hydrogens is 344 g/mol. The number of amides is 2. The molecule has 2 amide bonds. The first-order chi connectivity index (χ1) is 11.9. The van der Waals surface area contributed by atoms with Crippen LogP contribution < -0.4 is 0 Å². The Kier molecular flexibility index (Phi) is 5.21. The fourth-order valence-electron chi connectivity index (χ4n) is 3.24. The van der Waals surface area contributed by atoms with Crippen molar-refractivity contribution in [2.75, 3.05) is 18.8 Å². The maximum Gasteiger partial charge on any atom is 0.258 e. The molecule has 2 saturated heterocycles. The summed E-state index contributed by atoms with van der Waals surface area (Å²) in [5.41, 5.74) is 0.925. The lowest BCUT2D eigenvalue weighted by Gasteiger charge is -2.25. The van der Waals surface area contributed by atoms with Crippen molar-refractivity contribution in [2.45, 2.75) is 38.5 Å². The molecule has 0 radical (unpaired) electrons. The molecule has 1 aromatic rings. The number of imide groups is 1. The molecule has 2 aliphatic rings. The molecule has 2 aliphatic heterocycles. The number of fused-ring (bicyclic) bond motifs is 1. The number of ether oxygens (including phenoxy) is 1. The highest BCUT2D eigenvalue weighted by atomic mass is 32.2. The van der Waals surface area contributed by atoms with Gasteiger partial charge in [-0.05, 0) is 25.3 Å². The molecule has 136 valence electrons. The SMILES string of the molecule is C[C@H](OCc1ccccc1)C(=O)N1CCS(=O)(=O)N2CCC[C@H]2C1=O. The topological polar surface area (TPSA) is 84.0 Å². The minimum Gasteiger partial charge on any atom is -0.364 e. The molecule has 0 saturated carbocycles. The predicted molar refractivity (Wildman–Crippen MR) is 90.9 cm³/mol. The van der Waals surface area contributed by atoms with Crippen LogP contribution in [-0.4, -0.2) is 60.4 Å². The van der Waals surface area contributed by atoms with Crippen LogP contribution in [0.2, 0.25) is 0 Å². The van der Waals surface area contributed by atoms with Crippen molar-refractivity contribution in [2.24, 2.45) is 0 Å². The summed E-state index contributed by atoms with van der Waals surface area (Å²) in [5, 5.41) is 0. The molecule has 0 N–H and O–H groups in total. The van der Waals surface area contributed by atoms with E-state index in [1.54, 1.807) is 6.92 Å². The van der Waals surface area contributed by atoms with Crippen LogP contribution in [0.25, 0.3) is 0 Å². The van der Waals surface area contributed by atoms with Gasteiger partial charge in [0, 0.05) is 13.1 Å². The number of sulfonamides is 1. The molecular formula is C17H22N2O5S. The number of carbonyl (C=O) groups excluding carboxylic acids is 2. The summed E-state index contributed by atoms with van der Waals surface area (Å²) in [6, 6.07) is 8.67. The second-order valence-electron chi connectivity index (χ2n) is 6.35. The zero-order valence-electron chi connectivity index (χ0n) is 14.1. The van der Waals surface area contributed by atoms with E-state index in [0.717, 1.165) is 10.5 Å². The number of nitrogens with zero attached hydrogens (tertiary/aromatic N) is 2. The van der Waals surface area contributed by atoms with Gasteiger partial charge in [-0.15, -0.1) is 0 Å². The standard InChI is InChI=1S/C17H22N2O5S/c1-13(24-12-14-6-3-2-4-7-14)16(20)18-10-11-25(22,23)19-9-5-8-15(19)17(18)21/h2-4,6-7,13,15H,5,8-12H2,1H3/t13-,15-/m0/s1. The average Bonchev–Trinajstić information content (AvgIpc) is 3.08. The molecule has 2 heterocycles. The molecule has 0 unspecified atom stereocenters. The Labute approximate surface area is 147 Å². The fourth-order valence-corrected chi connectivity index (χ4v) is 4.88. The van der Waals surface area contributed by atoms with Gasteiger partial charge in [-0.2, -0.15) is 4.31 Å². The highest BCUT2D eigenvalue weighted by molar-refractivity contribution is 7.89. The van der Waals surface area contributed by atoms with Crippen molar-refractivity contribution in [3.05, 3.63) is 35.9 Å². The summed E-state index contributed by atoms with van der Waals surface area (Å²) in [6.45, 7) is 2.07. The van der Waals surface area contributed by atoms with Crippen molar-refractivity contribution in [1.29, 1.82) is 0 Å². The molecule has 2 atom stereocenters.